The van der Waals surface area contributed by atoms with Crippen LogP contribution in [0, 0.1) is 13.8 Å². The number of benzene rings is 2. The van der Waals surface area contributed by atoms with Crippen molar-refractivity contribution in [3.05, 3.63) is 53.1 Å². The van der Waals surface area contributed by atoms with Crippen LogP contribution in [0.15, 0.2) is 36.4 Å². The third-order valence-corrected chi connectivity index (χ3v) is 3.14. The summed E-state index contributed by atoms with van der Waals surface area (Å²) in [5.74, 6) is 0.957. The van der Waals surface area contributed by atoms with E-state index in [1.54, 1.807) is 7.11 Å². The van der Waals surface area contributed by atoms with Crippen molar-refractivity contribution in [1.29, 1.82) is 0 Å². The van der Waals surface area contributed by atoms with E-state index in [0.717, 1.165) is 34.8 Å². The maximum absolute atomic E-state index is 5.67. The molecule has 2 aromatic rings. The van der Waals surface area contributed by atoms with Gasteiger partial charge in [-0.1, -0.05) is 12.1 Å². The maximum Gasteiger partial charge on any atom is 0.124 e. The normalized spacial score (nSPS) is 10.3. The number of nitrogen functional groups attached to an aromatic ring is 1. The lowest BCUT2D eigenvalue weighted by atomic mass is 10.1. The van der Waals surface area contributed by atoms with Gasteiger partial charge < -0.3 is 15.8 Å². The molecular formula is C16H20N2O. The van der Waals surface area contributed by atoms with E-state index in [0.29, 0.717) is 0 Å². The van der Waals surface area contributed by atoms with Gasteiger partial charge in [0, 0.05) is 17.9 Å². The average molecular weight is 256 g/mol. The summed E-state index contributed by atoms with van der Waals surface area (Å²) >= 11 is 0. The first-order valence-electron chi connectivity index (χ1n) is 6.33. The Balaban J connectivity index is 2.09. The van der Waals surface area contributed by atoms with Crippen molar-refractivity contribution in [2.45, 2.75) is 20.4 Å². The van der Waals surface area contributed by atoms with E-state index >= 15 is 0 Å². The van der Waals surface area contributed by atoms with Gasteiger partial charge in [0.2, 0.25) is 0 Å². The van der Waals surface area contributed by atoms with E-state index in [1.807, 2.05) is 24.3 Å². The lowest BCUT2D eigenvalue weighted by Gasteiger charge is -2.13. The van der Waals surface area contributed by atoms with Crippen molar-refractivity contribution < 1.29 is 4.74 Å². The van der Waals surface area contributed by atoms with E-state index in [2.05, 4.69) is 31.3 Å². The molecule has 0 heterocycles. The minimum absolute atomic E-state index is 0.783. The van der Waals surface area contributed by atoms with Crippen LogP contribution in [0.5, 0.6) is 5.75 Å². The molecule has 3 nitrogen and oxygen atoms in total. The Labute approximate surface area is 114 Å². The molecule has 0 amide bonds. The molecule has 0 spiro atoms. The second kappa shape index (κ2) is 5.65. The third kappa shape index (κ3) is 3.19. The highest BCUT2D eigenvalue weighted by atomic mass is 16.5. The van der Waals surface area contributed by atoms with E-state index in [-0.39, 0.29) is 0 Å². The molecule has 0 aliphatic rings. The predicted octanol–water partition coefficient (Wildman–Crippen LogP) is 3.51. The molecule has 3 heteroatoms. The summed E-state index contributed by atoms with van der Waals surface area (Å²) in [6.07, 6.45) is 0. The predicted molar refractivity (Wildman–Crippen MR) is 80.6 cm³/mol. The van der Waals surface area contributed by atoms with Gasteiger partial charge in [-0.15, -0.1) is 0 Å². The second-order valence-electron chi connectivity index (χ2n) is 4.74. The van der Waals surface area contributed by atoms with Crippen LogP contribution in [0.3, 0.4) is 0 Å². The van der Waals surface area contributed by atoms with Crippen LogP contribution in [0.2, 0.25) is 0 Å². The number of rotatable bonds is 4. The summed E-state index contributed by atoms with van der Waals surface area (Å²) in [6, 6.07) is 12.1. The summed E-state index contributed by atoms with van der Waals surface area (Å²) < 4.78 is 5.37. The molecule has 0 aliphatic carbocycles. The number of ether oxygens (including phenoxy) is 1. The summed E-state index contributed by atoms with van der Waals surface area (Å²) in [4.78, 5) is 0. The molecule has 0 unspecified atom stereocenters. The molecule has 0 bridgehead atoms. The van der Waals surface area contributed by atoms with Crippen molar-refractivity contribution in [3.63, 3.8) is 0 Å². The van der Waals surface area contributed by atoms with Crippen LogP contribution in [0.25, 0.3) is 0 Å². The molecular weight excluding hydrogens is 236 g/mol. The van der Waals surface area contributed by atoms with Crippen molar-refractivity contribution in [3.8, 4) is 5.75 Å². The van der Waals surface area contributed by atoms with Crippen molar-refractivity contribution in [2.75, 3.05) is 18.2 Å². The molecule has 0 fully saturated rings. The molecule has 19 heavy (non-hydrogen) atoms. The van der Waals surface area contributed by atoms with Gasteiger partial charge in [0.05, 0.1) is 7.11 Å². The molecule has 2 aromatic carbocycles. The molecule has 0 aliphatic heterocycles. The van der Waals surface area contributed by atoms with Crippen LogP contribution < -0.4 is 15.8 Å². The van der Waals surface area contributed by atoms with E-state index in [9.17, 15) is 0 Å². The van der Waals surface area contributed by atoms with Gasteiger partial charge in [-0.3, -0.25) is 0 Å². The molecule has 0 saturated carbocycles. The SMILES string of the molecule is COc1c(C)cc(NCc2ccc(N)cc2)cc1C. The smallest absolute Gasteiger partial charge is 0.124 e. The van der Waals surface area contributed by atoms with Crippen LogP contribution in [0.4, 0.5) is 11.4 Å². The lowest BCUT2D eigenvalue weighted by molar-refractivity contribution is 0.408. The number of nitrogens with one attached hydrogen (secondary N) is 1. The van der Waals surface area contributed by atoms with Gasteiger partial charge in [0.1, 0.15) is 5.75 Å². The summed E-state index contributed by atoms with van der Waals surface area (Å²) in [5.41, 5.74) is 11.1. The minimum Gasteiger partial charge on any atom is -0.496 e. The van der Waals surface area contributed by atoms with Crippen molar-refractivity contribution in [2.24, 2.45) is 0 Å². The van der Waals surface area contributed by atoms with Gasteiger partial charge in [-0.2, -0.15) is 0 Å². The van der Waals surface area contributed by atoms with Gasteiger partial charge in [0.15, 0.2) is 0 Å². The lowest BCUT2D eigenvalue weighted by Crippen LogP contribution is -2.01. The highest BCUT2D eigenvalue weighted by Crippen LogP contribution is 2.27. The molecule has 0 radical (unpaired) electrons. The van der Waals surface area contributed by atoms with E-state index in [4.69, 9.17) is 10.5 Å². The van der Waals surface area contributed by atoms with E-state index in [1.165, 1.54) is 5.56 Å². The van der Waals surface area contributed by atoms with Crippen molar-refractivity contribution in [1.82, 2.24) is 0 Å². The third-order valence-electron chi connectivity index (χ3n) is 3.14. The zero-order valence-electron chi connectivity index (χ0n) is 11.7. The highest BCUT2D eigenvalue weighted by molar-refractivity contribution is 5.55. The fraction of sp³-hybridized carbons (Fsp3) is 0.250. The van der Waals surface area contributed by atoms with Gasteiger partial charge >= 0.3 is 0 Å². The summed E-state index contributed by atoms with van der Waals surface area (Å²) in [5, 5.41) is 3.42. The fourth-order valence-corrected chi connectivity index (χ4v) is 2.21. The topological polar surface area (TPSA) is 47.3 Å². The Kier molecular flexibility index (Phi) is 3.95. The zero-order valence-corrected chi connectivity index (χ0v) is 11.7. The van der Waals surface area contributed by atoms with E-state index < -0.39 is 0 Å². The standard InChI is InChI=1S/C16H20N2O/c1-11-8-15(9-12(2)16(11)19-3)18-10-13-4-6-14(17)7-5-13/h4-9,18H,10,17H2,1-3H3. The number of aryl methyl sites for hydroxylation is 2. The van der Waals surface area contributed by atoms with Crippen LogP contribution in [-0.2, 0) is 6.54 Å². The first kappa shape index (κ1) is 13.3. The molecule has 0 atom stereocenters. The highest BCUT2D eigenvalue weighted by Gasteiger charge is 2.04. The van der Waals surface area contributed by atoms with Crippen molar-refractivity contribution >= 4 is 11.4 Å². The Morgan fingerprint density at radius 3 is 2.16 bits per heavy atom. The Bertz CT molecular complexity index is 538. The number of anilines is 2. The minimum atomic E-state index is 0.783. The number of methoxy groups -OCH3 is 1. The van der Waals surface area contributed by atoms with Gasteiger partial charge in [-0.05, 0) is 54.8 Å². The Morgan fingerprint density at radius 1 is 1.05 bits per heavy atom. The van der Waals surface area contributed by atoms with Crippen LogP contribution >= 0.6 is 0 Å². The first-order valence-corrected chi connectivity index (χ1v) is 6.33. The van der Waals surface area contributed by atoms with Gasteiger partial charge in [-0.25, -0.2) is 0 Å². The zero-order chi connectivity index (χ0) is 13.8. The Morgan fingerprint density at radius 2 is 1.63 bits per heavy atom. The average Bonchev–Trinajstić information content (AvgIpc) is 2.38. The van der Waals surface area contributed by atoms with Crippen LogP contribution in [-0.4, -0.2) is 7.11 Å². The molecule has 0 aromatic heterocycles. The molecule has 0 saturated heterocycles. The monoisotopic (exact) mass is 256 g/mol. The second-order valence-corrected chi connectivity index (χ2v) is 4.74. The van der Waals surface area contributed by atoms with Crippen LogP contribution in [0.1, 0.15) is 16.7 Å². The summed E-state index contributed by atoms with van der Waals surface area (Å²) in [7, 11) is 1.71. The number of hydrogen-bond donors (Lipinski definition) is 2. The van der Waals surface area contributed by atoms with Gasteiger partial charge in [0.25, 0.3) is 0 Å². The molecule has 100 valence electrons. The largest absolute Gasteiger partial charge is 0.496 e. The number of nitrogens with two attached hydrogens (primary N) is 1. The summed E-state index contributed by atoms with van der Waals surface area (Å²) in [6.45, 7) is 4.89. The quantitative estimate of drug-likeness (QED) is 0.823. The Hall–Kier alpha value is -2.16. The maximum atomic E-state index is 5.67. The molecule has 2 rings (SSSR count). The first-order chi connectivity index (χ1) is 9.10. The molecule has 3 N–H and O–H groups in total. The number of hydrogen-bond acceptors (Lipinski definition) is 3. The fourth-order valence-electron chi connectivity index (χ4n) is 2.21.